The second kappa shape index (κ2) is 6.68. The van der Waals surface area contributed by atoms with E-state index in [4.69, 9.17) is 10.5 Å². The van der Waals surface area contributed by atoms with Crippen LogP contribution in [0, 0.1) is 5.92 Å². The van der Waals surface area contributed by atoms with Crippen LogP contribution in [0.5, 0.6) is 0 Å². The first kappa shape index (κ1) is 14.8. The Balaban J connectivity index is 1.81. The summed E-state index contributed by atoms with van der Waals surface area (Å²) in [7, 11) is 0. The fraction of sp³-hybridized carbons (Fsp3) is 0.929. The first-order valence-corrected chi connectivity index (χ1v) is 7.44. The quantitative estimate of drug-likeness (QED) is 0.797. The van der Waals surface area contributed by atoms with E-state index in [0.29, 0.717) is 12.0 Å². The molecule has 2 rings (SSSR count). The third-order valence-electron chi connectivity index (χ3n) is 4.08. The van der Waals surface area contributed by atoms with Crippen LogP contribution in [0.3, 0.4) is 0 Å². The molecule has 0 saturated carbocycles. The van der Waals surface area contributed by atoms with Crippen molar-refractivity contribution in [3.63, 3.8) is 0 Å². The van der Waals surface area contributed by atoms with Gasteiger partial charge in [0.05, 0.1) is 19.3 Å². The van der Waals surface area contributed by atoms with Crippen LogP contribution in [0.4, 0.5) is 0 Å². The van der Waals surface area contributed by atoms with Gasteiger partial charge in [0.2, 0.25) is 5.91 Å². The van der Waals surface area contributed by atoms with Crippen molar-refractivity contribution in [3.8, 4) is 0 Å². The second-order valence-corrected chi connectivity index (χ2v) is 6.11. The average molecular weight is 269 g/mol. The van der Waals surface area contributed by atoms with E-state index < -0.39 is 0 Å². The first-order chi connectivity index (χ1) is 9.08. The number of rotatable bonds is 4. The molecule has 2 heterocycles. The van der Waals surface area contributed by atoms with Gasteiger partial charge in [0.1, 0.15) is 0 Å². The maximum Gasteiger partial charge on any atom is 0.239 e. The van der Waals surface area contributed by atoms with Gasteiger partial charge in [0.25, 0.3) is 0 Å². The Kier molecular flexibility index (Phi) is 5.19. The lowest BCUT2D eigenvalue weighted by atomic mass is 10.0. The van der Waals surface area contributed by atoms with Gasteiger partial charge in [-0.3, -0.25) is 9.69 Å². The van der Waals surface area contributed by atoms with Gasteiger partial charge in [0, 0.05) is 32.2 Å². The Labute approximate surface area is 116 Å². The number of carbonyl (C=O) groups excluding carboxylic acids is 1. The maximum atomic E-state index is 12.3. The molecule has 0 spiro atoms. The first-order valence-electron chi connectivity index (χ1n) is 7.44. The zero-order valence-electron chi connectivity index (χ0n) is 12.2. The second-order valence-electron chi connectivity index (χ2n) is 6.11. The van der Waals surface area contributed by atoms with Crippen molar-refractivity contribution >= 4 is 5.91 Å². The Morgan fingerprint density at radius 3 is 2.63 bits per heavy atom. The zero-order chi connectivity index (χ0) is 13.8. The minimum absolute atomic E-state index is 0.129. The van der Waals surface area contributed by atoms with E-state index in [0.717, 1.165) is 52.2 Å². The van der Waals surface area contributed by atoms with E-state index >= 15 is 0 Å². The molecule has 0 aromatic rings. The monoisotopic (exact) mass is 269 g/mol. The zero-order valence-corrected chi connectivity index (χ0v) is 12.2. The molecule has 2 aliphatic heterocycles. The lowest BCUT2D eigenvalue weighted by Gasteiger charge is -2.32. The standard InChI is InChI=1S/C14H27N3O2/c1-11(2)9-13(15)14(18)17-4-3-12(10-17)16-5-7-19-8-6-16/h11-13H,3-10,15H2,1-2H3/t12?,13-/m0/s1. The van der Waals surface area contributed by atoms with Gasteiger partial charge >= 0.3 is 0 Å². The van der Waals surface area contributed by atoms with Crippen molar-refractivity contribution in [2.24, 2.45) is 11.7 Å². The number of hydrogen-bond acceptors (Lipinski definition) is 4. The van der Waals surface area contributed by atoms with E-state index in [1.54, 1.807) is 0 Å². The van der Waals surface area contributed by atoms with E-state index in [9.17, 15) is 4.79 Å². The molecular weight excluding hydrogens is 242 g/mol. The highest BCUT2D eigenvalue weighted by molar-refractivity contribution is 5.81. The molecule has 2 N–H and O–H groups in total. The molecule has 0 aliphatic carbocycles. The molecule has 110 valence electrons. The summed E-state index contributed by atoms with van der Waals surface area (Å²) < 4.78 is 5.37. The van der Waals surface area contributed by atoms with Crippen molar-refractivity contribution in [1.29, 1.82) is 0 Å². The van der Waals surface area contributed by atoms with Gasteiger partial charge in [-0.25, -0.2) is 0 Å². The van der Waals surface area contributed by atoms with Gasteiger partial charge in [-0.2, -0.15) is 0 Å². The van der Waals surface area contributed by atoms with Crippen LogP contribution in [-0.4, -0.2) is 67.2 Å². The molecular formula is C14H27N3O2. The van der Waals surface area contributed by atoms with Crippen molar-refractivity contribution in [2.75, 3.05) is 39.4 Å². The fourth-order valence-electron chi connectivity index (χ4n) is 3.03. The van der Waals surface area contributed by atoms with Gasteiger partial charge in [-0.05, 0) is 18.8 Å². The number of likely N-dealkylation sites (tertiary alicyclic amines) is 1. The molecule has 0 radical (unpaired) electrons. The van der Waals surface area contributed by atoms with E-state index in [1.807, 2.05) is 4.90 Å². The lowest BCUT2D eigenvalue weighted by Crippen LogP contribution is -2.47. The topological polar surface area (TPSA) is 58.8 Å². The number of carbonyl (C=O) groups is 1. The Hall–Kier alpha value is -0.650. The van der Waals surface area contributed by atoms with Crippen molar-refractivity contribution in [2.45, 2.75) is 38.8 Å². The summed E-state index contributed by atoms with van der Waals surface area (Å²) in [6, 6.07) is 0.169. The Morgan fingerprint density at radius 2 is 2.00 bits per heavy atom. The minimum atomic E-state index is -0.330. The number of nitrogens with two attached hydrogens (primary N) is 1. The van der Waals surface area contributed by atoms with Crippen LogP contribution in [-0.2, 0) is 9.53 Å². The smallest absolute Gasteiger partial charge is 0.239 e. The average Bonchev–Trinajstić information content (AvgIpc) is 2.87. The summed E-state index contributed by atoms with van der Waals surface area (Å²) in [5, 5.41) is 0. The predicted octanol–water partition coefficient (Wildman–Crippen LogP) is 0.293. The van der Waals surface area contributed by atoms with E-state index in [1.165, 1.54) is 0 Å². The van der Waals surface area contributed by atoms with Crippen LogP contribution in [0.1, 0.15) is 26.7 Å². The highest BCUT2D eigenvalue weighted by Crippen LogP contribution is 2.18. The molecule has 19 heavy (non-hydrogen) atoms. The number of ether oxygens (including phenoxy) is 1. The summed E-state index contributed by atoms with van der Waals surface area (Å²) >= 11 is 0. The number of nitrogens with zero attached hydrogens (tertiary/aromatic N) is 2. The molecule has 5 heteroatoms. The maximum absolute atomic E-state index is 12.3. The molecule has 1 unspecified atom stereocenters. The molecule has 0 aromatic carbocycles. The molecule has 0 bridgehead atoms. The highest BCUT2D eigenvalue weighted by atomic mass is 16.5. The van der Waals surface area contributed by atoms with Crippen LogP contribution >= 0.6 is 0 Å². The van der Waals surface area contributed by atoms with Crippen molar-refractivity contribution < 1.29 is 9.53 Å². The molecule has 5 nitrogen and oxygen atoms in total. The van der Waals surface area contributed by atoms with Crippen LogP contribution in [0.25, 0.3) is 0 Å². The number of hydrogen-bond donors (Lipinski definition) is 1. The summed E-state index contributed by atoms with van der Waals surface area (Å²) in [5.74, 6) is 0.598. The van der Waals surface area contributed by atoms with E-state index in [2.05, 4.69) is 18.7 Å². The van der Waals surface area contributed by atoms with Crippen molar-refractivity contribution in [1.82, 2.24) is 9.80 Å². The Morgan fingerprint density at radius 1 is 1.32 bits per heavy atom. The SMILES string of the molecule is CC(C)C[C@H](N)C(=O)N1CCC(N2CCOCC2)C1. The molecule has 1 amide bonds. The van der Waals surface area contributed by atoms with Crippen LogP contribution in [0.2, 0.25) is 0 Å². The predicted molar refractivity (Wildman–Crippen MR) is 74.8 cm³/mol. The van der Waals surface area contributed by atoms with Crippen LogP contribution in [0.15, 0.2) is 0 Å². The molecule has 2 fully saturated rings. The minimum Gasteiger partial charge on any atom is -0.379 e. The van der Waals surface area contributed by atoms with Gasteiger partial charge in [-0.15, -0.1) is 0 Å². The molecule has 2 atom stereocenters. The third-order valence-corrected chi connectivity index (χ3v) is 4.08. The van der Waals surface area contributed by atoms with Gasteiger partial charge < -0.3 is 15.4 Å². The largest absolute Gasteiger partial charge is 0.379 e. The fourth-order valence-corrected chi connectivity index (χ4v) is 3.03. The lowest BCUT2D eigenvalue weighted by molar-refractivity contribution is -0.132. The molecule has 0 aromatic heterocycles. The summed E-state index contributed by atoms with van der Waals surface area (Å²) in [6.07, 6.45) is 1.84. The third kappa shape index (κ3) is 3.91. The summed E-state index contributed by atoms with van der Waals surface area (Å²) in [5.41, 5.74) is 6.00. The normalized spacial score (nSPS) is 26.9. The van der Waals surface area contributed by atoms with Gasteiger partial charge in [0.15, 0.2) is 0 Å². The molecule has 2 aliphatic rings. The Bertz CT molecular complexity index is 303. The van der Waals surface area contributed by atoms with E-state index in [-0.39, 0.29) is 11.9 Å². The highest BCUT2D eigenvalue weighted by Gasteiger charge is 2.32. The summed E-state index contributed by atoms with van der Waals surface area (Å²) in [4.78, 5) is 16.7. The number of morpholine rings is 1. The van der Waals surface area contributed by atoms with Gasteiger partial charge in [-0.1, -0.05) is 13.8 Å². The molecule has 2 saturated heterocycles. The van der Waals surface area contributed by atoms with Crippen LogP contribution < -0.4 is 5.73 Å². The number of amides is 1. The van der Waals surface area contributed by atoms with Crippen molar-refractivity contribution in [3.05, 3.63) is 0 Å². The summed E-state index contributed by atoms with van der Waals surface area (Å²) in [6.45, 7) is 9.52.